The number of nitrogens with one attached hydrogen (secondary N) is 1. The fraction of sp³-hybridized carbons (Fsp3) is 0.333. The van der Waals surface area contributed by atoms with Crippen LogP contribution in [-0.2, 0) is 25.5 Å². The minimum atomic E-state index is -0.368. The second-order valence-corrected chi connectivity index (χ2v) is 4.95. The number of aryl methyl sites for hydroxylation is 1. The van der Waals surface area contributed by atoms with Gasteiger partial charge in [-0.2, -0.15) is 0 Å². The fourth-order valence-electron chi connectivity index (χ4n) is 1.97. The van der Waals surface area contributed by atoms with E-state index < -0.39 is 0 Å². The van der Waals surface area contributed by atoms with Gasteiger partial charge < -0.3 is 14.8 Å². The van der Waals surface area contributed by atoms with Crippen LogP contribution in [0.2, 0.25) is 5.02 Å². The smallest absolute Gasteiger partial charge is 0.333 e. The Hall–Kier alpha value is -2.01. The van der Waals surface area contributed by atoms with E-state index in [4.69, 9.17) is 21.1 Å². The summed E-state index contributed by atoms with van der Waals surface area (Å²) in [6, 6.07) is 5.37. The van der Waals surface area contributed by atoms with Crippen LogP contribution < -0.4 is 5.32 Å². The number of hydrogen-bond acceptors (Lipinski definition) is 5. The fourth-order valence-corrected chi connectivity index (χ4v) is 2.14. The Labute approximate surface area is 127 Å². The highest BCUT2D eigenvalue weighted by molar-refractivity contribution is 6.30. The van der Waals surface area contributed by atoms with Gasteiger partial charge in [0.25, 0.3) is 0 Å². The number of ether oxygens (including phenoxy) is 2. The maximum absolute atomic E-state index is 11.4. The van der Waals surface area contributed by atoms with E-state index in [2.05, 4.69) is 5.32 Å². The lowest BCUT2D eigenvalue weighted by Crippen LogP contribution is -2.08. The monoisotopic (exact) mass is 309 g/mol. The van der Waals surface area contributed by atoms with Crippen molar-refractivity contribution in [3.63, 3.8) is 0 Å². The first-order valence-electron chi connectivity index (χ1n) is 6.67. The van der Waals surface area contributed by atoms with E-state index in [0.29, 0.717) is 30.2 Å². The van der Waals surface area contributed by atoms with Crippen molar-refractivity contribution in [1.82, 2.24) is 0 Å². The SMILES string of the molecule is CCOC(=O)CCc1ccc(Cl)cc1NC1=CC(=O)OC1. The molecule has 1 aromatic rings. The second-order valence-electron chi connectivity index (χ2n) is 4.51. The molecule has 0 unspecified atom stereocenters. The topological polar surface area (TPSA) is 64.6 Å². The minimum absolute atomic E-state index is 0.211. The highest BCUT2D eigenvalue weighted by atomic mass is 35.5. The first-order valence-corrected chi connectivity index (χ1v) is 7.04. The van der Waals surface area contributed by atoms with E-state index in [9.17, 15) is 9.59 Å². The molecule has 1 aliphatic heterocycles. The molecule has 1 heterocycles. The van der Waals surface area contributed by atoms with Crippen LogP contribution in [0.25, 0.3) is 0 Å². The van der Waals surface area contributed by atoms with Gasteiger partial charge in [-0.15, -0.1) is 0 Å². The van der Waals surface area contributed by atoms with Gasteiger partial charge in [0.1, 0.15) is 6.61 Å². The summed E-state index contributed by atoms with van der Waals surface area (Å²) < 4.78 is 9.75. The quantitative estimate of drug-likeness (QED) is 0.819. The predicted molar refractivity (Wildman–Crippen MR) is 79.1 cm³/mol. The number of hydrogen-bond donors (Lipinski definition) is 1. The highest BCUT2D eigenvalue weighted by Gasteiger charge is 2.15. The molecule has 0 aromatic heterocycles. The van der Waals surface area contributed by atoms with Gasteiger partial charge in [0.15, 0.2) is 0 Å². The third kappa shape index (κ3) is 4.49. The van der Waals surface area contributed by atoms with Gasteiger partial charge in [0, 0.05) is 23.2 Å². The zero-order valence-electron chi connectivity index (χ0n) is 11.6. The van der Waals surface area contributed by atoms with E-state index in [-0.39, 0.29) is 18.5 Å². The van der Waals surface area contributed by atoms with E-state index in [0.717, 1.165) is 11.3 Å². The molecule has 0 saturated carbocycles. The molecule has 1 aliphatic rings. The summed E-state index contributed by atoms with van der Waals surface area (Å²) in [7, 11) is 0. The first-order chi connectivity index (χ1) is 10.1. The van der Waals surface area contributed by atoms with Gasteiger partial charge in [-0.3, -0.25) is 4.79 Å². The molecule has 0 fully saturated rings. The van der Waals surface area contributed by atoms with Crippen LogP contribution in [0.3, 0.4) is 0 Å². The molecule has 0 radical (unpaired) electrons. The summed E-state index contributed by atoms with van der Waals surface area (Å²) in [6.45, 7) is 2.36. The number of cyclic esters (lactones) is 1. The lowest BCUT2D eigenvalue weighted by Gasteiger charge is -2.12. The summed E-state index contributed by atoms with van der Waals surface area (Å²) in [5, 5.41) is 3.69. The average molecular weight is 310 g/mol. The van der Waals surface area contributed by atoms with Crippen LogP contribution in [0.15, 0.2) is 30.0 Å². The number of carbonyl (C=O) groups is 2. The van der Waals surface area contributed by atoms with Crippen molar-refractivity contribution in [2.45, 2.75) is 19.8 Å². The van der Waals surface area contributed by atoms with Gasteiger partial charge in [-0.25, -0.2) is 4.79 Å². The molecule has 2 rings (SSSR count). The highest BCUT2D eigenvalue weighted by Crippen LogP contribution is 2.24. The molecule has 0 spiro atoms. The normalized spacial score (nSPS) is 13.6. The first kappa shape index (κ1) is 15.4. The van der Waals surface area contributed by atoms with E-state index in [1.165, 1.54) is 6.08 Å². The molecule has 112 valence electrons. The Bertz CT molecular complexity index is 583. The lowest BCUT2D eigenvalue weighted by atomic mass is 10.1. The van der Waals surface area contributed by atoms with Crippen molar-refractivity contribution in [2.24, 2.45) is 0 Å². The Balaban J connectivity index is 2.08. The van der Waals surface area contributed by atoms with Crippen LogP contribution in [0.4, 0.5) is 5.69 Å². The molecular formula is C15H16ClNO4. The molecule has 21 heavy (non-hydrogen) atoms. The number of esters is 2. The molecule has 0 saturated heterocycles. The maximum atomic E-state index is 11.4. The van der Waals surface area contributed by atoms with Crippen LogP contribution in [-0.4, -0.2) is 25.2 Å². The Morgan fingerprint density at radius 2 is 2.29 bits per heavy atom. The number of benzene rings is 1. The van der Waals surface area contributed by atoms with E-state index in [1.54, 1.807) is 19.1 Å². The standard InChI is InChI=1S/C15H16ClNO4/c1-2-20-14(18)6-4-10-3-5-11(16)7-13(10)17-12-8-15(19)21-9-12/h3,5,7-8,17H,2,4,6,9H2,1H3. The Morgan fingerprint density at radius 1 is 1.48 bits per heavy atom. The largest absolute Gasteiger partial charge is 0.466 e. The van der Waals surface area contributed by atoms with Crippen molar-refractivity contribution in [3.8, 4) is 0 Å². The molecule has 0 atom stereocenters. The zero-order chi connectivity index (χ0) is 15.2. The number of anilines is 1. The Morgan fingerprint density at radius 3 is 2.95 bits per heavy atom. The summed E-state index contributed by atoms with van der Waals surface area (Å²) in [5.74, 6) is -0.607. The maximum Gasteiger partial charge on any atom is 0.333 e. The van der Waals surface area contributed by atoms with Crippen molar-refractivity contribution in [1.29, 1.82) is 0 Å². The molecule has 1 N–H and O–H groups in total. The van der Waals surface area contributed by atoms with Gasteiger partial charge in [-0.05, 0) is 31.0 Å². The number of carbonyl (C=O) groups excluding carboxylic acids is 2. The molecule has 5 nitrogen and oxygen atoms in total. The predicted octanol–water partition coefficient (Wildman–Crippen LogP) is 2.69. The lowest BCUT2D eigenvalue weighted by molar-refractivity contribution is -0.143. The second kappa shape index (κ2) is 7.13. The summed E-state index contributed by atoms with van der Waals surface area (Å²) in [6.07, 6.45) is 2.22. The van der Waals surface area contributed by atoms with Gasteiger partial charge in [0.2, 0.25) is 0 Å². The summed E-state index contributed by atoms with van der Waals surface area (Å²) in [5.41, 5.74) is 2.35. The number of halogens is 1. The number of rotatable bonds is 6. The van der Waals surface area contributed by atoms with Crippen LogP contribution in [0.5, 0.6) is 0 Å². The van der Waals surface area contributed by atoms with E-state index in [1.807, 2.05) is 6.07 Å². The van der Waals surface area contributed by atoms with Crippen LogP contribution >= 0.6 is 11.6 Å². The van der Waals surface area contributed by atoms with Crippen molar-refractivity contribution >= 4 is 29.2 Å². The molecule has 6 heteroatoms. The molecule has 1 aromatic carbocycles. The molecule has 0 aliphatic carbocycles. The average Bonchev–Trinajstić information content (AvgIpc) is 2.83. The van der Waals surface area contributed by atoms with Gasteiger partial charge in [-0.1, -0.05) is 17.7 Å². The van der Waals surface area contributed by atoms with Crippen LogP contribution in [0.1, 0.15) is 18.9 Å². The Kier molecular flexibility index (Phi) is 5.22. The minimum Gasteiger partial charge on any atom is -0.466 e. The molecule has 0 amide bonds. The zero-order valence-corrected chi connectivity index (χ0v) is 12.4. The van der Waals surface area contributed by atoms with Gasteiger partial charge in [0.05, 0.1) is 12.3 Å². The summed E-state index contributed by atoms with van der Waals surface area (Å²) in [4.78, 5) is 22.5. The van der Waals surface area contributed by atoms with Crippen molar-refractivity contribution < 1.29 is 19.1 Å². The molecular weight excluding hydrogens is 294 g/mol. The third-order valence-electron chi connectivity index (χ3n) is 2.93. The van der Waals surface area contributed by atoms with Crippen LogP contribution in [0, 0.1) is 0 Å². The van der Waals surface area contributed by atoms with Crippen molar-refractivity contribution in [2.75, 3.05) is 18.5 Å². The molecule has 0 bridgehead atoms. The third-order valence-corrected chi connectivity index (χ3v) is 3.17. The van der Waals surface area contributed by atoms with Gasteiger partial charge >= 0.3 is 11.9 Å². The summed E-state index contributed by atoms with van der Waals surface area (Å²) >= 11 is 5.99. The van der Waals surface area contributed by atoms with Crippen molar-refractivity contribution in [3.05, 3.63) is 40.6 Å². The van der Waals surface area contributed by atoms with E-state index >= 15 is 0 Å².